The number of likely N-dealkylation sites (tertiary alicyclic amines) is 1. The number of pyridine rings is 1. The lowest BCUT2D eigenvalue weighted by Crippen LogP contribution is -2.46. The quantitative estimate of drug-likeness (QED) is 0.398. The standard InChI is InChI=1S/C27H25F4N3O2.CO2/c1-18-13-22(21-7-10-32-15-24(21)28)19(14-23(18)27(29,30)31)16-33-11-8-26(9-12-33)17-34(25(35)36-26)20-5-3-2-4-6-20;2-1-3/h2-7,10,13-15H,8-9,11-12,16-17H2,1H3;. The monoisotopic (exact) mass is 543 g/mol. The summed E-state index contributed by atoms with van der Waals surface area (Å²) in [6.07, 6.45) is -1.06. The molecule has 39 heavy (non-hydrogen) atoms. The number of aryl methyl sites for hydroxylation is 1. The van der Waals surface area contributed by atoms with Crippen LogP contribution < -0.4 is 4.90 Å². The number of carbonyl (C=O) groups is 1. The van der Waals surface area contributed by atoms with Gasteiger partial charge in [0.1, 0.15) is 11.4 Å². The van der Waals surface area contributed by atoms with Gasteiger partial charge in [0.2, 0.25) is 0 Å². The van der Waals surface area contributed by atoms with Crippen molar-refractivity contribution in [2.24, 2.45) is 0 Å². The fraction of sp³-hybridized carbons (Fsp3) is 0.321. The number of benzene rings is 2. The lowest BCUT2D eigenvalue weighted by molar-refractivity contribution is -0.191. The van der Waals surface area contributed by atoms with Crippen molar-refractivity contribution < 1.29 is 36.7 Å². The summed E-state index contributed by atoms with van der Waals surface area (Å²) in [5.74, 6) is -0.589. The highest BCUT2D eigenvalue weighted by atomic mass is 19.4. The van der Waals surface area contributed by atoms with Crippen LogP contribution in [0.25, 0.3) is 11.1 Å². The van der Waals surface area contributed by atoms with E-state index in [-0.39, 0.29) is 23.8 Å². The van der Waals surface area contributed by atoms with Crippen molar-refractivity contribution in [3.8, 4) is 11.1 Å². The van der Waals surface area contributed by atoms with Gasteiger partial charge < -0.3 is 4.74 Å². The maximum absolute atomic E-state index is 14.6. The number of amides is 1. The first-order valence-corrected chi connectivity index (χ1v) is 12.1. The lowest BCUT2D eigenvalue weighted by Gasteiger charge is -2.37. The highest BCUT2D eigenvalue weighted by Crippen LogP contribution is 2.39. The molecule has 11 heteroatoms. The molecular formula is C28H25F4N3O4. The van der Waals surface area contributed by atoms with E-state index in [1.54, 1.807) is 4.90 Å². The molecule has 0 aliphatic carbocycles. The van der Waals surface area contributed by atoms with Gasteiger partial charge in [-0.25, -0.2) is 9.18 Å². The van der Waals surface area contributed by atoms with Crippen LogP contribution in [0.1, 0.15) is 29.5 Å². The summed E-state index contributed by atoms with van der Waals surface area (Å²) in [7, 11) is 0. The van der Waals surface area contributed by atoms with Gasteiger partial charge >= 0.3 is 18.4 Å². The Kier molecular flexibility index (Phi) is 8.13. The van der Waals surface area contributed by atoms with Gasteiger partial charge in [-0.15, -0.1) is 0 Å². The number of anilines is 1. The van der Waals surface area contributed by atoms with Gasteiger partial charge in [0.25, 0.3) is 0 Å². The number of rotatable bonds is 4. The number of hydrogen-bond donors (Lipinski definition) is 0. The Balaban J connectivity index is 0.00000112. The highest BCUT2D eigenvalue weighted by Gasteiger charge is 2.47. The minimum absolute atomic E-state index is 0.0360. The fourth-order valence-corrected chi connectivity index (χ4v) is 5.08. The molecule has 0 bridgehead atoms. The van der Waals surface area contributed by atoms with Crippen molar-refractivity contribution in [2.45, 2.75) is 38.1 Å². The molecule has 2 aliphatic rings. The molecule has 0 N–H and O–H groups in total. The van der Waals surface area contributed by atoms with E-state index < -0.39 is 29.3 Å². The van der Waals surface area contributed by atoms with E-state index >= 15 is 0 Å². The summed E-state index contributed by atoms with van der Waals surface area (Å²) in [4.78, 5) is 36.2. The second-order valence-electron chi connectivity index (χ2n) is 9.51. The molecule has 0 unspecified atom stereocenters. The number of halogens is 4. The summed E-state index contributed by atoms with van der Waals surface area (Å²) in [5, 5.41) is 0. The average molecular weight is 544 g/mol. The third kappa shape index (κ3) is 6.16. The Bertz CT molecular complexity index is 1370. The summed E-state index contributed by atoms with van der Waals surface area (Å²) < 4.78 is 61.4. The van der Waals surface area contributed by atoms with Gasteiger partial charge in [-0.3, -0.25) is 14.8 Å². The van der Waals surface area contributed by atoms with Crippen molar-refractivity contribution in [2.75, 3.05) is 24.5 Å². The summed E-state index contributed by atoms with van der Waals surface area (Å²) in [5.41, 5.74) is 0.472. The molecule has 2 fully saturated rings. The maximum atomic E-state index is 14.6. The molecule has 204 valence electrons. The molecule has 0 atom stereocenters. The zero-order valence-corrected chi connectivity index (χ0v) is 21.0. The molecule has 1 aromatic heterocycles. The number of nitrogens with zero attached hydrogens (tertiary/aromatic N) is 3. The number of ether oxygens (including phenoxy) is 1. The smallest absolute Gasteiger partial charge is 0.416 e. The molecule has 3 aromatic rings. The van der Waals surface area contributed by atoms with Crippen LogP contribution in [0, 0.1) is 12.7 Å². The lowest BCUT2D eigenvalue weighted by atomic mass is 9.89. The molecule has 2 aromatic carbocycles. The van der Waals surface area contributed by atoms with Gasteiger partial charge in [0.05, 0.1) is 18.3 Å². The van der Waals surface area contributed by atoms with Gasteiger partial charge in [-0.2, -0.15) is 22.8 Å². The average Bonchev–Trinajstić information content (AvgIpc) is 3.22. The van der Waals surface area contributed by atoms with Crippen molar-refractivity contribution in [1.82, 2.24) is 9.88 Å². The molecule has 0 radical (unpaired) electrons. The maximum Gasteiger partial charge on any atom is 0.416 e. The first-order chi connectivity index (χ1) is 18.6. The number of para-hydroxylation sites is 1. The van der Waals surface area contributed by atoms with E-state index in [1.165, 1.54) is 25.3 Å². The molecule has 1 spiro atoms. The molecule has 5 rings (SSSR count). The van der Waals surface area contributed by atoms with Crippen LogP contribution in [0.5, 0.6) is 0 Å². The predicted octanol–water partition coefficient (Wildman–Crippen LogP) is 5.62. The van der Waals surface area contributed by atoms with Crippen LogP contribution in [0.4, 0.5) is 28.0 Å². The minimum Gasteiger partial charge on any atom is -0.441 e. The molecule has 7 nitrogen and oxygen atoms in total. The molecule has 0 saturated carbocycles. The Hall–Kier alpha value is -4.08. The SMILES string of the molecule is Cc1cc(-c2ccncc2F)c(CN2CCC3(CC2)CN(c2ccccc2)C(=O)O3)cc1C(F)(F)F.O=C=O. The van der Waals surface area contributed by atoms with Gasteiger partial charge in [0, 0.05) is 49.9 Å². The number of alkyl halides is 3. The Labute approximate surface area is 222 Å². The topological polar surface area (TPSA) is 79.8 Å². The van der Waals surface area contributed by atoms with Crippen molar-refractivity contribution in [1.29, 1.82) is 0 Å². The highest BCUT2D eigenvalue weighted by molar-refractivity contribution is 5.90. The van der Waals surface area contributed by atoms with E-state index in [1.807, 2.05) is 35.2 Å². The normalized spacial score (nSPS) is 16.8. The van der Waals surface area contributed by atoms with E-state index in [9.17, 15) is 22.4 Å². The molecule has 2 saturated heterocycles. The summed E-state index contributed by atoms with van der Waals surface area (Å²) >= 11 is 0. The number of piperidine rings is 1. The second-order valence-corrected chi connectivity index (χ2v) is 9.51. The van der Waals surface area contributed by atoms with Crippen LogP contribution in [-0.2, 0) is 27.0 Å². The number of aromatic nitrogens is 1. The Morgan fingerprint density at radius 2 is 1.72 bits per heavy atom. The number of carbonyl (C=O) groups excluding carboxylic acids is 3. The predicted molar refractivity (Wildman–Crippen MR) is 132 cm³/mol. The first kappa shape index (κ1) is 27.9. The molecule has 3 heterocycles. The third-order valence-electron chi connectivity index (χ3n) is 7.02. The Morgan fingerprint density at radius 1 is 1.05 bits per heavy atom. The minimum atomic E-state index is -4.51. The largest absolute Gasteiger partial charge is 0.441 e. The van der Waals surface area contributed by atoms with Crippen molar-refractivity contribution >= 4 is 17.9 Å². The van der Waals surface area contributed by atoms with Crippen LogP contribution >= 0.6 is 0 Å². The Morgan fingerprint density at radius 3 is 2.33 bits per heavy atom. The molecule has 2 aliphatic heterocycles. The van der Waals surface area contributed by atoms with Crippen LogP contribution in [0.2, 0.25) is 0 Å². The third-order valence-corrected chi connectivity index (χ3v) is 7.02. The first-order valence-electron chi connectivity index (χ1n) is 12.1. The number of hydrogen-bond acceptors (Lipinski definition) is 6. The van der Waals surface area contributed by atoms with Gasteiger partial charge in [0.15, 0.2) is 0 Å². The molecular weight excluding hydrogens is 518 g/mol. The van der Waals surface area contributed by atoms with E-state index in [0.29, 0.717) is 43.6 Å². The fourth-order valence-electron chi connectivity index (χ4n) is 5.08. The zero-order chi connectivity index (χ0) is 28.2. The van der Waals surface area contributed by atoms with Gasteiger partial charge in [-0.1, -0.05) is 24.3 Å². The van der Waals surface area contributed by atoms with Crippen LogP contribution in [0.3, 0.4) is 0 Å². The molecule has 1 amide bonds. The summed E-state index contributed by atoms with van der Waals surface area (Å²) in [6, 6.07) is 13.3. The van der Waals surface area contributed by atoms with E-state index in [0.717, 1.165) is 18.0 Å². The zero-order valence-electron chi connectivity index (χ0n) is 21.0. The van der Waals surface area contributed by atoms with Crippen molar-refractivity contribution in [3.63, 3.8) is 0 Å². The van der Waals surface area contributed by atoms with Crippen LogP contribution in [0.15, 0.2) is 60.9 Å². The second kappa shape index (κ2) is 11.3. The van der Waals surface area contributed by atoms with E-state index in [2.05, 4.69) is 4.98 Å². The summed E-state index contributed by atoms with van der Waals surface area (Å²) in [6.45, 7) is 3.09. The van der Waals surface area contributed by atoms with E-state index in [4.69, 9.17) is 14.3 Å². The van der Waals surface area contributed by atoms with Crippen LogP contribution in [-0.4, -0.2) is 47.4 Å². The van der Waals surface area contributed by atoms with Crippen molar-refractivity contribution in [3.05, 3.63) is 83.4 Å². The van der Waals surface area contributed by atoms with Gasteiger partial charge in [-0.05, 0) is 47.9 Å².